The minimum Gasteiger partial charge on any atom is -0.460 e. The summed E-state index contributed by atoms with van der Waals surface area (Å²) in [6.07, 6.45) is 3.34. The molecule has 0 fully saturated rings. The molecule has 0 heterocycles. The number of Topliss-reactive ketones (excluding diaryl/α,β-unsaturated/α-hetero) is 1. The molecule has 2 atom stereocenters. The molecule has 0 bridgehead atoms. The number of esters is 2. The van der Waals surface area contributed by atoms with E-state index in [9.17, 15) is 24.0 Å². The first-order chi connectivity index (χ1) is 20.6. The number of carbonyl (C=O) groups is 5. The first-order valence-electron chi connectivity index (χ1n) is 15.5. The summed E-state index contributed by atoms with van der Waals surface area (Å²) in [5, 5.41) is 5.49. The zero-order valence-electron chi connectivity index (χ0n) is 27.4. The van der Waals surface area contributed by atoms with Gasteiger partial charge in [-0.1, -0.05) is 43.2 Å². The van der Waals surface area contributed by atoms with Gasteiger partial charge in [0.2, 0.25) is 5.91 Å². The Balaban J connectivity index is 2.66. The van der Waals surface area contributed by atoms with Crippen LogP contribution in [0.3, 0.4) is 0 Å². The number of alkyl carbamates (subject to hydrolysis) is 1. The van der Waals surface area contributed by atoms with E-state index in [1.165, 1.54) is 0 Å². The molecule has 0 aliphatic heterocycles. The number of hydrogen-bond acceptors (Lipinski definition) is 9. The van der Waals surface area contributed by atoms with E-state index in [-0.39, 0.29) is 44.2 Å². The summed E-state index contributed by atoms with van der Waals surface area (Å²) in [6, 6.07) is 8.42. The number of hydrogen-bond donors (Lipinski definition) is 3. The molecule has 4 N–H and O–H groups in total. The molecule has 0 aromatic heterocycles. The minimum atomic E-state index is -0.922. The van der Waals surface area contributed by atoms with Crippen LogP contribution in [0.5, 0.6) is 0 Å². The van der Waals surface area contributed by atoms with Crippen LogP contribution in [-0.2, 0) is 40.0 Å². The number of ketones is 1. The van der Waals surface area contributed by atoms with Crippen molar-refractivity contribution in [3.8, 4) is 0 Å². The van der Waals surface area contributed by atoms with Gasteiger partial charge in [-0.2, -0.15) is 0 Å². The second kappa shape index (κ2) is 19.7. The molecule has 44 heavy (non-hydrogen) atoms. The minimum absolute atomic E-state index is 0.0373. The summed E-state index contributed by atoms with van der Waals surface area (Å²) in [6.45, 7) is 11.0. The number of unbranched alkanes of at least 4 members (excludes halogenated alkanes) is 3. The lowest BCUT2D eigenvalue weighted by atomic mass is 9.93. The Morgan fingerprint density at radius 2 is 1.45 bits per heavy atom. The summed E-state index contributed by atoms with van der Waals surface area (Å²) < 4.78 is 16.1. The predicted molar refractivity (Wildman–Crippen MR) is 167 cm³/mol. The first kappa shape index (κ1) is 38.6. The molecule has 0 saturated carbocycles. The number of benzene rings is 1. The van der Waals surface area contributed by atoms with Crippen LogP contribution in [0, 0.1) is 5.92 Å². The van der Waals surface area contributed by atoms with Crippen LogP contribution < -0.4 is 16.4 Å². The predicted octanol–water partition coefficient (Wildman–Crippen LogP) is 4.74. The zero-order chi connectivity index (χ0) is 33.2. The van der Waals surface area contributed by atoms with Crippen LogP contribution in [0.2, 0.25) is 0 Å². The van der Waals surface area contributed by atoms with Gasteiger partial charge < -0.3 is 30.6 Å². The monoisotopic (exact) mass is 619 g/mol. The van der Waals surface area contributed by atoms with Gasteiger partial charge in [-0.25, -0.2) is 9.59 Å². The number of nitrogens with two attached hydrogens (primary N) is 1. The molecule has 0 saturated heterocycles. The van der Waals surface area contributed by atoms with E-state index < -0.39 is 41.1 Å². The van der Waals surface area contributed by atoms with Crippen molar-refractivity contribution in [2.75, 3.05) is 13.1 Å². The third-order valence-electron chi connectivity index (χ3n) is 6.34. The zero-order valence-corrected chi connectivity index (χ0v) is 27.4. The van der Waals surface area contributed by atoms with Gasteiger partial charge in [-0.3, -0.25) is 14.4 Å². The molecule has 0 spiro atoms. The molecular weight excluding hydrogens is 566 g/mol. The van der Waals surface area contributed by atoms with Crippen molar-refractivity contribution in [1.29, 1.82) is 0 Å². The molecule has 1 aromatic carbocycles. The van der Waals surface area contributed by atoms with Gasteiger partial charge in [0.1, 0.15) is 29.6 Å². The Hall–Kier alpha value is -3.47. The molecule has 11 nitrogen and oxygen atoms in total. The van der Waals surface area contributed by atoms with Crippen molar-refractivity contribution in [1.82, 2.24) is 10.6 Å². The second-order valence-corrected chi connectivity index (χ2v) is 12.9. The van der Waals surface area contributed by atoms with Crippen LogP contribution >= 0.6 is 0 Å². The van der Waals surface area contributed by atoms with Crippen molar-refractivity contribution >= 4 is 29.7 Å². The fourth-order valence-electron chi connectivity index (χ4n) is 4.26. The third kappa shape index (κ3) is 18.9. The van der Waals surface area contributed by atoms with E-state index in [0.29, 0.717) is 45.1 Å². The fraction of sp³-hybridized carbons (Fsp3) is 0.667. The summed E-state index contributed by atoms with van der Waals surface area (Å²) in [5.74, 6) is -2.18. The van der Waals surface area contributed by atoms with Crippen LogP contribution in [0.1, 0.15) is 105 Å². The average Bonchev–Trinajstić information content (AvgIpc) is 2.92. The molecule has 2 amide bonds. The Morgan fingerprint density at radius 3 is 2.07 bits per heavy atom. The Labute approximate surface area is 262 Å². The fourth-order valence-corrected chi connectivity index (χ4v) is 4.26. The van der Waals surface area contributed by atoms with Gasteiger partial charge in [0, 0.05) is 25.3 Å². The van der Waals surface area contributed by atoms with E-state index in [1.54, 1.807) is 20.8 Å². The molecule has 1 aromatic rings. The summed E-state index contributed by atoms with van der Waals surface area (Å²) in [5.41, 5.74) is 5.10. The summed E-state index contributed by atoms with van der Waals surface area (Å²) in [7, 11) is 0. The Morgan fingerprint density at radius 1 is 0.818 bits per heavy atom. The highest BCUT2D eigenvalue weighted by Crippen LogP contribution is 2.18. The second-order valence-electron chi connectivity index (χ2n) is 12.9. The molecule has 0 radical (unpaired) electrons. The normalized spacial score (nSPS) is 12.9. The van der Waals surface area contributed by atoms with Crippen molar-refractivity contribution in [3.63, 3.8) is 0 Å². The SMILES string of the molecule is CC(C)(C)OC(=O)CCCCC[C@H](CC(=O)CN)C(=O)N[C@@H](CCCCNC(=O)OCc1ccccc1)C(=O)OC(C)(C)C. The summed E-state index contributed by atoms with van der Waals surface area (Å²) >= 11 is 0. The van der Waals surface area contributed by atoms with Crippen LogP contribution in [0.15, 0.2) is 30.3 Å². The molecule has 0 aliphatic rings. The number of nitrogens with one attached hydrogen (secondary N) is 2. The van der Waals surface area contributed by atoms with Gasteiger partial charge in [-0.15, -0.1) is 0 Å². The largest absolute Gasteiger partial charge is 0.460 e. The van der Waals surface area contributed by atoms with E-state index in [1.807, 2.05) is 51.1 Å². The third-order valence-corrected chi connectivity index (χ3v) is 6.34. The van der Waals surface area contributed by atoms with E-state index >= 15 is 0 Å². The van der Waals surface area contributed by atoms with Crippen LogP contribution in [0.4, 0.5) is 4.79 Å². The average molecular weight is 620 g/mol. The highest BCUT2D eigenvalue weighted by Gasteiger charge is 2.30. The van der Waals surface area contributed by atoms with Gasteiger partial charge in [0.15, 0.2) is 0 Å². The van der Waals surface area contributed by atoms with Gasteiger partial charge in [-0.05, 0) is 79.2 Å². The molecule has 0 unspecified atom stereocenters. The number of ether oxygens (including phenoxy) is 3. The standard InChI is InChI=1S/C33H53N3O8/c1-32(2,3)43-28(38)19-12-8-11-17-25(21-26(37)22-34)29(39)36-27(30(40)44-33(4,5)6)18-13-14-20-35-31(41)42-23-24-15-9-7-10-16-24/h7,9-10,15-16,25,27H,8,11-14,17-23,34H2,1-6H3,(H,35,41)(H,36,39)/t25-,27+/m1/s1. The molecule has 0 aliphatic carbocycles. The topological polar surface area (TPSA) is 163 Å². The molecule has 11 heteroatoms. The van der Waals surface area contributed by atoms with Crippen molar-refractivity contribution in [2.24, 2.45) is 11.7 Å². The highest BCUT2D eigenvalue weighted by atomic mass is 16.6. The van der Waals surface area contributed by atoms with Crippen molar-refractivity contribution in [2.45, 2.75) is 123 Å². The Kier molecular flexibility index (Phi) is 17.3. The lowest BCUT2D eigenvalue weighted by Gasteiger charge is -2.26. The smallest absolute Gasteiger partial charge is 0.407 e. The number of carbonyl (C=O) groups excluding carboxylic acids is 5. The lowest BCUT2D eigenvalue weighted by Crippen LogP contribution is -2.46. The van der Waals surface area contributed by atoms with Crippen LogP contribution in [-0.4, -0.2) is 60.1 Å². The molecule has 1 rings (SSSR count). The Bertz CT molecular complexity index is 1050. The number of amides is 2. The maximum Gasteiger partial charge on any atom is 0.407 e. The van der Waals surface area contributed by atoms with E-state index in [0.717, 1.165) is 5.56 Å². The highest BCUT2D eigenvalue weighted by molar-refractivity contribution is 5.90. The van der Waals surface area contributed by atoms with Gasteiger partial charge >= 0.3 is 18.0 Å². The lowest BCUT2D eigenvalue weighted by molar-refractivity contribution is -0.159. The van der Waals surface area contributed by atoms with Crippen LogP contribution in [0.25, 0.3) is 0 Å². The maximum atomic E-state index is 13.3. The number of rotatable bonds is 19. The van der Waals surface area contributed by atoms with Gasteiger partial charge in [0.25, 0.3) is 0 Å². The molecular formula is C33H53N3O8. The van der Waals surface area contributed by atoms with E-state index in [2.05, 4.69) is 10.6 Å². The first-order valence-corrected chi connectivity index (χ1v) is 15.5. The summed E-state index contributed by atoms with van der Waals surface area (Å²) in [4.78, 5) is 62.4. The van der Waals surface area contributed by atoms with Gasteiger partial charge in [0.05, 0.1) is 6.54 Å². The van der Waals surface area contributed by atoms with E-state index in [4.69, 9.17) is 19.9 Å². The quantitative estimate of drug-likeness (QED) is 0.113. The molecule has 248 valence electrons. The van der Waals surface area contributed by atoms with Crippen molar-refractivity contribution < 1.29 is 38.2 Å². The maximum absolute atomic E-state index is 13.3. The van der Waals surface area contributed by atoms with Crippen molar-refractivity contribution in [3.05, 3.63) is 35.9 Å².